The molecule has 1 saturated heterocycles. The normalized spacial score (nSPS) is 16.1. The summed E-state index contributed by atoms with van der Waals surface area (Å²) in [4.78, 5) is 28.4. The molecule has 5 rings (SSSR count). The molecule has 0 saturated carbocycles. The Bertz CT molecular complexity index is 1650. The lowest BCUT2D eigenvalue weighted by Crippen LogP contribution is -2.29. The van der Waals surface area contributed by atoms with Crippen LogP contribution in [0.3, 0.4) is 0 Å². The van der Waals surface area contributed by atoms with E-state index in [1.807, 2.05) is 45.0 Å². The van der Waals surface area contributed by atoms with Gasteiger partial charge in [0.15, 0.2) is 15.8 Å². The number of hydrogen-bond acceptors (Lipinski definition) is 9. The summed E-state index contributed by atoms with van der Waals surface area (Å²) in [7, 11) is 0. The molecule has 0 spiro atoms. The largest absolute Gasteiger partial charge is 0.507 e. The number of benzene rings is 3. The van der Waals surface area contributed by atoms with Crippen LogP contribution in [0.15, 0.2) is 76.6 Å². The van der Waals surface area contributed by atoms with Crippen LogP contribution < -0.4 is 14.4 Å². The van der Waals surface area contributed by atoms with Gasteiger partial charge in [-0.25, -0.2) is 4.39 Å². The van der Waals surface area contributed by atoms with Crippen LogP contribution >= 0.6 is 23.1 Å². The minimum Gasteiger partial charge on any atom is -0.507 e. The first-order chi connectivity index (χ1) is 20.8. The average molecular weight is 620 g/mol. The maximum atomic E-state index is 13.7. The number of nitrogens with zero attached hydrogens (tertiary/aromatic N) is 3. The van der Waals surface area contributed by atoms with Gasteiger partial charge in [-0.3, -0.25) is 14.5 Å². The standard InChI is InChI=1S/C32H30FN3O5S2/c1-4-16-41-24-15-12-22(17-25(24)40-5-2)27-26(28(37)21-10-13-23(33)14-11-21)29(38)30(39)36(27)31-34-35-32(43-31)42-18-20-8-6-19(3)7-9-20/h6-15,17,27,37H,4-5,16,18H2,1-3H3. The molecule has 0 aliphatic carbocycles. The van der Waals surface area contributed by atoms with E-state index in [1.165, 1.54) is 57.8 Å². The average Bonchev–Trinajstić information content (AvgIpc) is 3.58. The zero-order valence-corrected chi connectivity index (χ0v) is 25.5. The summed E-state index contributed by atoms with van der Waals surface area (Å²) in [5.41, 5.74) is 2.83. The molecule has 1 atom stereocenters. The van der Waals surface area contributed by atoms with Gasteiger partial charge >= 0.3 is 5.91 Å². The highest BCUT2D eigenvalue weighted by Crippen LogP contribution is 2.45. The van der Waals surface area contributed by atoms with E-state index in [0.29, 0.717) is 40.4 Å². The predicted molar refractivity (Wildman–Crippen MR) is 165 cm³/mol. The van der Waals surface area contributed by atoms with Gasteiger partial charge in [0.1, 0.15) is 11.6 Å². The Kier molecular flexibility index (Phi) is 9.42. The van der Waals surface area contributed by atoms with Crippen molar-refractivity contribution >= 4 is 45.7 Å². The van der Waals surface area contributed by atoms with E-state index in [4.69, 9.17) is 9.47 Å². The Morgan fingerprint density at radius 2 is 1.74 bits per heavy atom. The Labute approximate surface area is 257 Å². The molecular weight excluding hydrogens is 590 g/mol. The SMILES string of the molecule is CCCOc1ccc(C2C(=C(O)c3ccc(F)cc3)C(=O)C(=O)N2c2nnc(SCc3ccc(C)cc3)s2)cc1OCC. The molecule has 1 aliphatic heterocycles. The fraction of sp³-hybridized carbons (Fsp3) is 0.250. The number of halogens is 1. The van der Waals surface area contributed by atoms with Crippen molar-refractivity contribution in [2.24, 2.45) is 0 Å². The quantitative estimate of drug-likeness (QED) is 0.0624. The number of ether oxygens (including phenoxy) is 2. The topological polar surface area (TPSA) is 102 Å². The smallest absolute Gasteiger partial charge is 0.301 e. The Morgan fingerprint density at radius 3 is 2.44 bits per heavy atom. The van der Waals surface area contributed by atoms with Crippen LogP contribution in [0.2, 0.25) is 0 Å². The number of Topliss-reactive ketones (excluding diaryl/α,β-unsaturated/α-hetero) is 1. The number of carbonyl (C=O) groups excluding carboxylic acids is 2. The predicted octanol–water partition coefficient (Wildman–Crippen LogP) is 7.09. The number of amides is 1. The number of thioether (sulfide) groups is 1. The minimum absolute atomic E-state index is 0.148. The second-order valence-corrected chi connectivity index (χ2v) is 12.0. The van der Waals surface area contributed by atoms with E-state index in [0.717, 1.165) is 12.0 Å². The number of hydrogen-bond donors (Lipinski definition) is 1. The van der Waals surface area contributed by atoms with Crippen molar-refractivity contribution in [1.29, 1.82) is 0 Å². The molecule has 8 nitrogen and oxygen atoms in total. The van der Waals surface area contributed by atoms with E-state index >= 15 is 0 Å². The van der Waals surface area contributed by atoms with Gasteiger partial charge in [-0.05, 0) is 67.8 Å². The van der Waals surface area contributed by atoms with Gasteiger partial charge in [0.05, 0.1) is 24.8 Å². The first-order valence-corrected chi connectivity index (χ1v) is 15.6. The number of aryl methyl sites for hydroxylation is 1. The van der Waals surface area contributed by atoms with E-state index in [1.54, 1.807) is 18.2 Å². The van der Waals surface area contributed by atoms with Crippen LogP contribution in [0.4, 0.5) is 9.52 Å². The van der Waals surface area contributed by atoms with Crippen LogP contribution in [-0.4, -0.2) is 40.2 Å². The lowest BCUT2D eigenvalue weighted by atomic mass is 9.95. The number of aliphatic hydroxyl groups is 1. The van der Waals surface area contributed by atoms with Crippen LogP contribution in [0.1, 0.15) is 48.6 Å². The Hall–Kier alpha value is -4.22. The van der Waals surface area contributed by atoms with Crippen molar-refractivity contribution in [1.82, 2.24) is 10.2 Å². The molecule has 2 heterocycles. The summed E-state index contributed by atoms with van der Waals surface area (Å²) in [6.07, 6.45) is 0.798. The molecule has 1 N–H and O–H groups in total. The zero-order valence-electron chi connectivity index (χ0n) is 23.9. The van der Waals surface area contributed by atoms with Crippen molar-refractivity contribution in [2.45, 2.75) is 43.3 Å². The molecular formula is C32H30FN3O5S2. The summed E-state index contributed by atoms with van der Waals surface area (Å²) in [5, 5.41) is 20.1. The van der Waals surface area contributed by atoms with Gasteiger partial charge in [0.25, 0.3) is 5.78 Å². The number of rotatable bonds is 11. The molecule has 1 aliphatic rings. The molecule has 4 aromatic rings. The van der Waals surface area contributed by atoms with Crippen LogP contribution in [-0.2, 0) is 15.3 Å². The molecule has 0 radical (unpaired) electrons. The second-order valence-electron chi connectivity index (χ2n) is 9.79. The van der Waals surface area contributed by atoms with Crippen LogP contribution in [0.5, 0.6) is 11.5 Å². The van der Waals surface area contributed by atoms with Crippen molar-refractivity contribution in [2.75, 3.05) is 18.1 Å². The van der Waals surface area contributed by atoms with Crippen molar-refractivity contribution in [3.05, 3.63) is 100 Å². The van der Waals surface area contributed by atoms with Crippen molar-refractivity contribution < 1.29 is 28.6 Å². The summed E-state index contributed by atoms with van der Waals surface area (Å²) in [6, 6.07) is 17.3. The molecule has 0 bridgehead atoms. The summed E-state index contributed by atoms with van der Waals surface area (Å²) < 4.78 is 26.0. The minimum atomic E-state index is -1.05. The molecule has 11 heteroatoms. The fourth-order valence-corrected chi connectivity index (χ4v) is 6.41. The highest BCUT2D eigenvalue weighted by molar-refractivity contribution is 8.00. The van der Waals surface area contributed by atoms with Gasteiger partial charge in [-0.15, -0.1) is 10.2 Å². The van der Waals surface area contributed by atoms with Crippen LogP contribution in [0.25, 0.3) is 5.76 Å². The molecule has 43 heavy (non-hydrogen) atoms. The Balaban J connectivity index is 1.57. The summed E-state index contributed by atoms with van der Waals surface area (Å²) >= 11 is 2.65. The molecule has 1 unspecified atom stereocenters. The third-order valence-electron chi connectivity index (χ3n) is 6.69. The first-order valence-electron chi connectivity index (χ1n) is 13.8. The van der Waals surface area contributed by atoms with E-state index in [9.17, 15) is 19.1 Å². The van der Waals surface area contributed by atoms with Gasteiger partial charge in [0, 0.05) is 11.3 Å². The lowest BCUT2D eigenvalue weighted by molar-refractivity contribution is -0.132. The first kappa shape index (κ1) is 30.2. The summed E-state index contributed by atoms with van der Waals surface area (Å²) in [5.74, 6) is -1.06. The highest BCUT2D eigenvalue weighted by atomic mass is 32.2. The van der Waals surface area contributed by atoms with Gasteiger partial charge in [-0.2, -0.15) is 0 Å². The van der Waals surface area contributed by atoms with Gasteiger partial charge < -0.3 is 14.6 Å². The number of aromatic nitrogens is 2. The number of anilines is 1. The number of ketones is 1. The van der Waals surface area contributed by atoms with Crippen LogP contribution in [0, 0.1) is 12.7 Å². The monoisotopic (exact) mass is 619 g/mol. The maximum absolute atomic E-state index is 13.7. The second kappa shape index (κ2) is 13.4. The van der Waals surface area contributed by atoms with E-state index < -0.39 is 29.3 Å². The fourth-order valence-electron chi connectivity index (χ4n) is 4.59. The maximum Gasteiger partial charge on any atom is 0.301 e. The number of carbonyl (C=O) groups is 2. The molecule has 1 aromatic heterocycles. The third kappa shape index (κ3) is 6.57. The summed E-state index contributed by atoms with van der Waals surface area (Å²) in [6.45, 7) is 6.70. The highest BCUT2D eigenvalue weighted by Gasteiger charge is 2.48. The van der Waals surface area contributed by atoms with E-state index in [-0.39, 0.29) is 16.3 Å². The Morgan fingerprint density at radius 1 is 1.00 bits per heavy atom. The molecule has 222 valence electrons. The lowest BCUT2D eigenvalue weighted by Gasteiger charge is -2.23. The molecule has 3 aromatic carbocycles. The van der Waals surface area contributed by atoms with Gasteiger partial charge in [0.2, 0.25) is 5.13 Å². The molecule has 1 amide bonds. The third-order valence-corrected chi connectivity index (χ3v) is 8.82. The van der Waals surface area contributed by atoms with E-state index in [2.05, 4.69) is 10.2 Å². The molecule has 1 fully saturated rings. The zero-order chi connectivity index (χ0) is 30.5. The van der Waals surface area contributed by atoms with Crippen molar-refractivity contribution in [3.63, 3.8) is 0 Å². The van der Waals surface area contributed by atoms with Gasteiger partial charge in [-0.1, -0.05) is 65.9 Å². The number of aliphatic hydroxyl groups excluding tert-OH is 1. The van der Waals surface area contributed by atoms with Crippen molar-refractivity contribution in [3.8, 4) is 11.5 Å².